The lowest BCUT2D eigenvalue weighted by Gasteiger charge is -2.14. The maximum absolute atomic E-state index is 5.19. The number of pyridine rings is 2. The average Bonchev–Trinajstić information content (AvgIpc) is 3.26. The third-order valence-corrected chi connectivity index (χ3v) is 10.1. The number of aromatic nitrogens is 4. The minimum atomic E-state index is 0.702. The summed E-state index contributed by atoms with van der Waals surface area (Å²) in [4.78, 5) is 20.5. The Morgan fingerprint density at radius 3 is 1.17 bits per heavy atom. The van der Waals surface area contributed by atoms with Crippen LogP contribution in [-0.2, 0) is 0 Å². The minimum absolute atomic E-state index is 0.702. The van der Waals surface area contributed by atoms with Crippen LogP contribution in [0.5, 0.6) is 0 Å². The van der Waals surface area contributed by atoms with Crippen LogP contribution < -0.4 is 0 Å². The molecule has 0 bridgehead atoms. The van der Waals surface area contributed by atoms with E-state index in [4.69, 9.17) is 19.9 Å². The van der Waals surface area contributed by atoms with Gasteiger partial charge in [0.1, 0.15) is 0 Å². The van der Waals surface area contributed by atoms with Gasteiger partial charge in [-0.25, -0.2) is 19.9 Å². The molecule has 0 aliphatic rings. The lowest BCUT2D eigenvalue weighted by atomic mass is 9.93. The first-order valence-electron chi connectivity index (χ1n) is 18.1. The molecule has 0 amide bonds. The molecule has 0 saturated heterocycles. The quantitative estimate of drug-likeness (QED) is 0.163. The van der Waals surface area contributed by atoms with E-state index < -0.39 is 0 Å². The van der Waals surface area contributed by atoms with E-state index in [2.05, 4.69) is 140 Å². The van der Waals surface area contributed by atoms with E-state index in [1.807, 2.05) is 54.6 Å². The molecule has 252 valence electrons. The molecule has 0 atom stereocenters. The van der Waals surface area contributed by atoms with Gasteiger partial charge in [0, 0.05) is 38.6 Å². The third kappa shape index (κ3) is 5.76. The fraction of sp³-hybridized carbons (Fsp3) is 0. The fourth-order valence-electron chi connectivity index (χ4n) is 7.35. The monoisotopic (exact) mass is 688 g/mol. The maximum Gasteiger partial charge on any atom is 0.161 e. The third-order valence-electron chi connectivity index (χ3n) is 10.1. The normalized spacial score (nSPS) is 11.3. The van der Waals surface area contributed by atoms with Crippen molar-refractivity contribution in [2.45, 2.75) is 0 Å². The second-order valence-electron chi connectivity index (χ2n) is 13.4. The highest BCUT2D eigenvalue weighted by Crippen LogP contribution is 2.37. The molecule has 3 heterocycles. The zero-order valence-corrected chi connectivity index (χ0v) is 29.3. The molecule has 0 fully saturated rings. The van der Waals surface area contributed by atoms with Gasteiger partial charge in [0.25, 0.3) is 0 Å². The van der Waals surface area contributed by atoms with Crippen molar-refractivity contribution in [3.63, 3.8) is 0 Å². The van der Waals surface area contributed by atoms with Gasteiger partial charge in [-0.15, -0.1) is 0 Å². The van der Waals surface area contributed by atoms with Crippen molar-refractivity contribution in [2.24, 2.45) is 0 Å². The SMILES string of the molecule is c1ccc(-c2cc(-c3ccccc3)nc(-c3ccc(-c4ccc(-c5ccc6ccc7ccc(-c8ccccc8)nc7c6n5)cc4)c4ccccc34)n2)cc1. The van der Waals surface area contributed by atoms with Crippen molar-refractivity contribution in [1.29, 1.82) is 0 Å². The highest BCUT2D eigenvalue weighted by molar-refractivity contribution is 6.05. The summed E-state index contributed by atoms with van der Waals surface area (Å²) in [6, 6.07) is 67.4. The van der Waals surface area contributed by atoms with Gasteiger partial charge >= 0.3 is 0 Å². The molecule has 3 aromatic heterocycles. The van der Waals surface area contributed by atoms with Gasteiger partial charge in [0.2, 0.25) is 0 Å². The molecule has 10 rings (SSSR count). The maximum atomic E-state index is 5.19. The predicted octanol–water partition coefficient (Wildman–Crippen LogP) is 12.7. The molecule has 0 spiro atoms. The van der Waals surface area contributed by atoms with Crippen LogP contribution in [0.15, 0.2) is 194 Å². The summed E-state index contributed by atoms with van der Waals surface area (Å²) in [5.74, 6) is 0.702. The highest BCUT2D eigenvalue weighted by atomic mass is 14.9. The van der Waals surface area contributed by atoms with E-state index in [0.29, 0.717) is 5.82 Å². The Morgan fingerprint density at radius 1 is 0.259 bits per heavy atom. The molecule has 0 saturated carbocycles. The largest absolute Gasteiger partial charge is 0.245 e. The van der Waals surface area contributed by atoms with Crippen LogP contribution in [-0.4, -0.2) is 19.9 Å². The first-order valence-corrected chi connectivity index (χ1v) is 18.1. The Bertz CT molecular complexity index is 2900. The summed E-state index contributed by atoms with van der Waals surface area (Å²) in [5, 5.41) is 4.40. The lowest BCUT2D eigenvalue weighted by Crippen LogP contribution is -1.97. The lowest BCUT2D eigenvalue weighted by molar-refractivity contribution is 1.19. The predicted molar refractivity (Wildman–Crippen MR) is 223 cm³/mol. The Kier molecular flexibility index (Phi) is 7.77. The van der Waals surface area contributed by atoms with Crippen molar-refractivity contribution >= 4 is 32.6 Å². The fourth-order valence-corrected chi connectivity index (χ4v) is 7.35. The number of nitrogens with zero attached hydrogens (tertiary/aromatic N) is 4. The number of hydrogen-bond donors (Lipinski definition) is 0. The summed E-state index contributed by atoms with van der Waals surface area (Å²) >= 11 is 0. The minimum Gasteiger partial charge on any atom is -0.245 e. The number of rotatable bonds is 6. The van der Waals surface area contributed by atoms with Crippen molar-refractivity contribution in [3.05, 3.63) is 194 Å². The summed E-state index contributed by atoms with van der Waals surface area (Å²) in [6.07, 6.45) is 0. The summed E-state index contributed by atoms with van der Waals surface area (Å²) in [5.41, 5.74) is 13.0. The molecule has 0 unspecified atom stereocenters. The molecular weight excluding hydrogens is 657 g/mol. The average molecular weight is 689 g/mol. The van der Waals surface area contributed by atoms with Crippen LogP contribution in [0.2, 0.25) is 0 Å². The van der Waals surface area contributed by atoms with Gasteiger partial charge in [-0.2, -0.15) is 0 Å². The van der Waals surface area contributed by atoms with Gasteiger partial charge in [-0.3, -0.25) is 0 Å². The van der Waals surface area contributed by atoms with Crippen LogP contribution in [0.1, 0.15) is 0 Å². The number of benzene rings is 7. The van der Waals surface area contributed by atoms with E-state index in [-0.39, 0.29) is 0 Å². The van der Waals surface area contributed by atoms with Crippen molar-refractivity contribution in [1.82, 2.24) is 19.9 Å². The second kappa shape index (κ2) is 13.4. The van der Waals surface area contributed by atoms with Gasteiger partial charge < -0.3 is 0 Å². The van der Waals surface area contributed by atoms with Crippen LogP contribution in [0.25, 0.3) is 100 Å². The van der Waals surface area contributed by atoms with Gasteiger partial charge in [-0.05, 0) is 46.2 Å². The first kappa shape index (κ1) is 31.4. The molecule has 0 aliphatic heterocycles. The number of fused-ring (bicyclic) bond motifs is 4. The van der Waals surface area contributed by atoms with E-state index in [1.165, 1.54) is 0 Å². The Labute approximate surface area is 313 Å². The molecule has 54 heavy (non-hydrogen) atoms. The zero-order valence-electron chi connectivity index (χ0n) is 29.3. The molecule has 0 aliphatic carbocycles. The van der Waals surface area contributed by atoms with Crippen molar-refractivity contribution in [2.75, 3.05) is 0 Å². The van der Waals surface area contributed by atoms with E-state index in [0.717, 1.165) is 94.3 Å². The highest BCUT2D eigenvalue weighted by Gasteiger charge is 2.16. The summed E-state index contributed by atoms with van der Waals surface area (Å²) in [7, 11) is 0. The van der Waals surface area contributed by atoms with Gasteiger partial charge in [0.05, 0.1) is 33.8 Å². The van der Waals surface area contributed by atoms with Crippen LogP contribution in [0.3, 0.4) is 0 Å². The van der Waals surface area contributed by atoms with Crippen LogP contribution in [0, 0.1) is 0 Å². The summed E-state index contributed by atoms with van der Waals surface area (Å²) < 4.78 is 0. The molecule has 0 N–H and O–H groups in total. The standard InChI is InChI=1S/C50H32N4/c1-4-12-34(13-5-1)44-30-26-38-24-25-39-27-31-45(52-49(39)48(38)51-44)37-22-20-33(21-23-37)40-28-29-43(42-19-11-10-18-41(40)42)50-53-46(35-14-6-2-7-15-35)32-47(54-50)36-16-8-3-9-17-36/h1-32H. The number of hydrogen-bond acceptors (Lipinski definition) is 4. The Balaban J connectivity index is 1.04. The molecule has 4 nitrogen and oxygen atoms in total. The van der Waals surface area contributed by atoms with Crippen LogP contribution in [0.4, 0.5) is 0 Å². The van der Waals surface area contributed by atoms with E-state index in [9.17, 15) is 0 Å². The van der Waals surface area contributed by atoms with Gasteiger partial charge in [0.15, 0.2) is 5.82 Å². The zero-order chi connectivity index (χ0) is 35.8. The molecule has 0 radical (unpaired) electrons. The molecule has 10 aromatic rings. The Morgan fingerprint density at radius 2 is 0.648 bits per heavy atom. The van der Waals surface area contributed by atoms with E-state index >= 15 is 0 Å². The second-order valence-corrected chi connectivity index (χ2v) is 13.4. The summed E-state index contributed by atoms with van der Waals surface area (Å²) in [6.45, 7) is 0. The van der Waals surface area contributed by atoms with Crippen LogP contribution >= 0.6 is 0 Å². The molecule has 4 heteroatoms. The Hall–Kier alpha value is -7.30. The smallest absolute Gasteiger partial charge is 0.161 e. The van der Waals surface area contributed by atoms with E-state index in [1.54, 1.807) is 0 Å². The first-order chi connectivity index (χ1) is 26.7. The van der Waals surface area contributed by atoms with Gasteiger partial charge in [-0.1, -0.05) is 170 Å². The topological polar surface area (TPSA) is 51.6 Å². The van der Waals surface area contributed by atoms with Crippen molar-refractivity contribution in [3.8, 4) is 67.5 Å². The molecule has 7 aromatic carbocycles. The van der Waals surface area contributed by atoms with Crippen molar-refractivity contribution < 1.29 is 0 Å². The molecular formula is C50H32N4.